The molecule has 2 aromatic heterocycles. The summed E-state index contributed by atoms with van der Waals surface area (Å²) in [5.74, 6) is 0.852. The van der Waals surface area contributed by atoms with Crippen LogP contribution >= 0.6 is 0 Å². The third kappa shape index (κ3) is 2.79. The summed E-state index contributed by atoms with van der Waals surface area (Å²) in [6.45, 7) is 8.98. The predicted octanol–water partition coefficient (Wildman–Crippen LogP) is 5.07. The normalized spacial score (nSPS) is 14.0. The van der Waals surface area contributed by atoms with Gasteiger partial charge in [-0.1, -0.05) is 61.8 Å². The van der Waals surface area contributed by atoms with E-state index in [9.17, 15) is 0 Å². The lowest BCUT2D eigenvalue weighted by atomic mass is 9.68. The molecule has 5 nitrogen and oxygen atoms in total. The van der Waals surface area contributed by atoms with Crippen molar-refractivity contribution in [3.63, 3.8) is 0 Å². The number of aromatic amines is 1. The van der Waals surface area contributed by atoms with Gasteiger partial charge in [-0.3, -0.25) is 0 Å². The molecular weight excluding hydrogens is 336 g/mol. The lowest BCUT2D eigenvalue weighted by Gasteiger charge is -2.35. The van der Waals surface area contributed by atoms with Crippen molar-refractivity contribution in [2.75, 3.05) is 5.73 Å². The Morgan fingerprint density at radius 1 is 1.07 bits per heavy atom. The van der Waals surface area contributed by atoms with E-state index in [1.54, 1.807) is 0 Å². The van der Waals surface area contributed by atoms with E-state index >= 15 is 0 Å². The van der Waals surface area contributed by atoms with Crippen molar-refractivity contribution in [3.8, 4) is 11.5 Å². The number of rotatable bonds is 4. The van der Waals surface area contributed by atoms with Crippen LogP contribution in [0.25, 0.3) is 22.4 Å². The lowest BCUT2D eigenvalue weighted by Crippen LogP contribution is -2.29. The first kappa shape index (κ1) is 17.3. The van der Waals surface area contributed by atoms with Crippen LogP contribution in [0.15, 0.2) is 53.1 Å². The van der Waals surface area contributed by atoms with Gasteiger partial charge in [0.2, 0.25) is 5.89 Å². The maximum Gasteiger partial charge on any atom is 0.313 e. The molecule has 0 fully saturated rings. The molecule has 0 amide bonds. The Morgan fingerprint density at radius 2 is 1.81 bits per heavy atom. The highest BCUT2D eigenvalue weighted by atomic mass is 16.4. The zero-order valence-electron chi connectivity index (χ0n) is 16.1. The van der Waals surface area contributed by atoms with Gasteiger partial charge < -0.3 is 15.1 Å². The molecule has 0 spiro atoms. The van der Waals surface area contributed by atoms with E-state index in [1.165, 1.54) is 22.1 Å². The van der Waals surface area contributed by atoms with Crippen molar-refractivity contribution in [2.24, 2.45) is 5.92 Å². The average Bonchev–Trinajstić information content (AvgIpc) is 3.27. The van der Waals surface area contributed by atoms with Crippen LogP contribution in [0.5, 0.6) is 0 Å². The van der Waals surface area contributed by atoms with Crippen LogP contribution in [0.4, 0.5) is 6.01 Å². The first-order valence-electron chi connectivity index (χ1n) is 9.17. The van der Waals surface area contributed by atoms with Crippen molar-refractivity contribution in [1.29, 1.82) is 0 Å². The van der Waals surface area contributed by atoms with E-state index < -0.39 is 0 Å². The molecule has 1 unspecified atom stereocenters. The number of H-pyrrole nitrogens is 1. The SMILES string of the molecule is Cc1ccc(C(C)(c2c[nH]c3cc(-c4nnc(N)o4)ccc23)C(C)C)cc1. The number of hydrogen-bond acceptors (Lipinski definition) is 4. The van der Waals surface area contributed by atoms with Crippen molar-refractivity contribution in [2.45, 2.75) is 33.1 Å². The number of benzene rings is 2. The summed E-state index contributed by atoms with van der Waals surface area (Å²) in [4.78, 5) is 3.43. The Kier molecular flexibility index (Phi) is 4.02. The molecule has 4 rings (SSSR count). The molecule has 27 heavy (non-hydrogen) atoms. The topological polar surface area (TPSA) is 80.7 Å². The summed E-state index contributed by atoms with van der Waals surface area (Å²) < 4.78 is 5.35. The molecule has 2 heterocycles. The highest BCUT2D eigenvalue weighted by molar-refractivity contribution is 5.88. The summed E-state index contributed by atoms with van der Waals surface area (Å²) in [6, 6.07) is 15.1. The number of hydrogen-bond donors (Lipinski definition) is 2. The van der Waals surface area contributed by atoms with E-state index in [2.05, 4.69) is 79.4 Å². The van der Waals surface area contributed by atoms with E-state index in [1.807, 2.05) is 12.1 Å². The van der Waals surface area contributed by atoms with Crippen LogP contribution in [0.1, 0.15) is 37.5 Å². The van der Waals surface area contributed by atoms with Crippen LogP contribution in [0, 0.1) is 12.8 Å². The van der Waals surface area contributed by atoms with Gasteiger partial charge in [0.25, 0.3) is 0 Å². The van der Waals surface area contributed by atoms with E-state index in [4.69, 9.17) is 10.2 Å². The van der Waals surface area contributed by atoms with E-state index in [0.717, 1.165) is 11.1 Å². The third-order valence-corrected chi connectivity index (χ3v) is 5.73. The fourth-order valence-electron chi connectivity index (χ4n) is 3.74. The van der Waals surface area contributed by atoms with Crippen molar-refractivity contribution < 1.29 is 4.42 Å². The number of nitrogen functional groups attached to an aromatic ring is 1. The maximum absolute atomic E-state index is 5.55. The summed E-state index contributed by atoms with van der Waals surface area (Å²) in [6.07, 6.45) is 2.12. The second-order valence-electron chi connectivity index (χ2n) is 7.63. The molecule has 138 valence electrons. The quantitative estimate of drug-likeness (QED) is 0.532. The molecule has 0 saturated carbocycles. The van der Waals surface area contributed by atoms with Crippen molar-refractivity contribution in [3.05, 3.63) is 65.4 Å². The molecule has 0 radical (unpaired) electrons. The average molecular weight is 360 g/mol. The second kappa shape index (κ2) is 6.27. The van der Waals surface area contributed by atoms with Gasteiger partial charge in [-0.2, -0.15) is 0 Å². The largest absolute Gasteiger partial charge is 0.404 e. The van der Waals surface area contributed by atoms with Crippen LogP contribution in [0.3, 0.4) is 0 Å². The van der Waals surface area contributed by atoms with Gasteiger partial charge in [0.1, 0.15) is 0 Å². The van der Waals surface area contributed by atoms with Crippen molar-refractivity contribution in [1.82, 2.24) is 15.2 Å². The summed E-state index contributed by atoms with van der Waals surface area (Å²) in [7, 11) is 0. The Hall–Kier alpha value is -3.08. The Bertz CT molecular complexity index is 1090. The standard InChI is InChI=1S/C22H24N4O/c1-13(2)22(4,16-8-5-14(3)6-9-16)18-12-24-19-11-15(7-10-17(18)19)20-25-26-21(23)27-20/h5-13,24H,1-4H3,(H2,23,26). The Balaban J connectivity index is 1.85. The van der Waals surface area contributed by atoms with Crippen molar-refractivity contribution >= 4 is 16.9 Å². The number of aromatic nitrogens is 3. The predicted molar refractivity (Wildman–Crippen MR) is 108 cm³/mol. The van der Waals surface area contributed by atoms with Gasteiger partial charge in [-0.05, 0) is 36.1 Å². The first-order chi connectivity index (χ1) is 12.9. The Morgan fingerprint density at radius 3 is 2.44 bits per heavy atom. The molecule has 3 N–H and O–H groups in total. The molecule has 5 heteroatoms. The van der Waals surface area contributed by atoms with E-state index in [0.29, 0.717) is 11.8 Å². The smallest absolute Gasteiger partial charge is 0.313 e. The number of nitrogens with zero attached hydrogens (tertiary/aromatic N) is 2. The molecule has 4 aromatic rings. The van der Waals surface area contributed by atoms with E-state index in [-0.39, 0.29) is 11.4 Å². The summed E-state index contributed by atoms with van der Waals surface area (Å²) in [5, 5.41) is 8.91. The second-order valence-corrected chi connectivity index (χ2v) is 7.63. The fraction of sp³-hybridized carbons (Fsp3) is 0.273. The zero-order valence-corrected chi connectivity index (χ0v) is 16.1. The van der Waals surface area contributed by atoms with Crippen LogP contribution < -0.4 is 5.73 Å². The molecule has 0 aliphatic carbocycles. The maximum atomic E-state index is 5.55. The first-order valence-corrected chi connectivity index (χ1v) is 9.17. The Labute approximate surface area is 158 Å². The molecule has 0 bridgehead atoms. The fourth-order valence-corrected chi connectivity index (χ4v) is 3.74. The molecule has 2 aromatic carbocycles. The molecule has 0 aliphatic heterocycles. The van der Waals surface area contributed by atoms with Gasteiger partial charge in [-0.15, -0.1) is 5.10 Å². The van der Waals surface area contributed by atoms with Gasteiger partial charge in [0, 0.05) is 28.1 Å². The number of aryl methyl sites for hydroxylation is 1. The highest BCUT2D eigenvalue weighted by Gasteiger charge is 2.34. The van der Waals surface area contributed by atoms with Crippen LogP contribution in [-0.4, -0.2) is 15.2 Å². The van der Waals surface area contributed by atoms with Gasteiger partial charge >= 0.3 is 6.01 Å². The van der Waals surface area contributed by atoms with Gasteiger partial charge in [0.15, 0.2) is 0 Å². The molecule has 0 saturated heterocycles. The minimum atomic E-state index is -0.109. The zero-order chi connectivity index (χ0) is 19.2. The number of nitrogens with one attached hydrogen (secondary N) is 1. The van der Waals surface area contributed by atoms with Gasteiger partial charge in [-0.25, -0.2) is 0 Å². The monoisotopic (exact) mass is 360 g/mol. The lowest BCUT2D eigenvalue weighted by molar-refractivity contribution is 0.408. The molecular formula is C22H24N4O. The summed E-state index contributed by atoms with van der Waals surface area (Å²) >= 11 is 0. The summed E-state index contributed by atoms with van der Waals surface area (Å²) in [5.41, 5.74) is 11.2. The number of fused-ring (bicyclic) bond motifs is 1. The van der Waals surface area contributed by atoms with Crippen LogP contribution in [-0.2, 0) is 5.41 Å². The van der Waals surface area contributed by atoms with Crippen LogP contribution in [0.2, 0.25) is 0 Å². The third-order valence-electron chi connectivity index (χ3n) is 5.73. The minimum Gasteiger partial charge on any atom is -0.404 e. The number of anilines is 1. The number of nitrogens with two attached hydrogens (primary N) is 1. The highest BCUT2D eigenvalue weighted by Crippen LogP contribution is 2.42. The minimum absolute atomic E-state index is 0.0732. The van der Waals surface area contributed by atoms with Gasteiger partial charge in [0.05, 0.1) is 0 Å². The molecule has 0 aliphatic rings. The molecule has 1 atom stereocenters.